The number of ether oxygens (including phenoxy) is 1. The number of aliphatic carboxylic acids is 1. The average Bonchev–Trinajstić information content (AvgIpc) is 2.88. The maximum atomic E-state index is 12.6. The Morgan fingerprint density at radius 3 is 2.95 bits per heavy atom. The van der Waals surface area contributed by atoms with E-state index in [0.29, 0.717) is 24.5 Å². The average molecular weight is 292 g/mol. The molecule has 7 nitrogen and oxygen atoms in total. The molecule has 0 aliphatic carbocycles. The van der Waals surface area contributed by atoms with Gasteiger partial charge in [0.05, 0.1) is 17.4 Å². The van der Waals surface area contributed by atoms with E-state index in [-0.39, 0.29) is 13.0 Å². The number of amides is 1. The summed E-state index contributed by atoms with van der Waals surface area (Å²) in [4.78, 5) is 25.1. The molecule has 2 aliphatic heterocycles. The predicted molar refractivity (Wildman–Crippen MR) is 73.5 cm³/mol. The van der Waals surface area contributed by atoms with Gasteiger partial charge in [0.2, 0.25) is 0 Å². The maximum Gasteiger partial charge on any atom is 0.326 e. The number of aliphatic hydroxyl groups is 1. The molecule has 1 saturated heterocycles. The van der Waals surface area contributed by atoms with Gasteiger partial charge in [-0.05, 0) is 12.1 Å². The lowest BCUT2D eigenvalue weighted by Gasteiger charge is -2.25. The van der Waals surface area contributed by atoms with Crippen LogP contribution in [-0.2, 0) is 4.79 Å². The van der Waals surface area contributed by atoms with Crippen molar-refractivity contribution in [1.82, 2.24) is 4.90 Å². The number of β-amino-alcohol motifs (C(OH)–C–C–N with tert-alkyl or cyclic N) is 1. The molecule has 3 rings (SSSR count). The topological polar surface area (TPSA) is 99.1 Å². The molecule has 2 atom stereocenters. The molecular formula is C14H16N2O5. The lowest BCUT2D eigenvalue weighted by atomic mass is 10.1. The van der Waals surface area contributed by atoms with Crippen LogP contribution >= 0.6 is 0 Å². The maximum absolute atomic E-state index is 12.6. The van der Waals surface area contributed by atoms with E-state index < -0.39 is 24.0 Å². The van der Waals surface area contributed by atoms with Gasteiger partial charge < -0.3 is 25.2 Å². The quantitative estimate of drug-likeness (QED) is 0.717. The SMILES string of the molecule is O=C(O)[C@@H]1C[C@@H](O)CN1C(=O)c1cccc2c1OCCN2. The monoisotopic (exact) mass is 292 g/mol. The van der Waals surface area contributed by atoms with Crippen molar-refractivity contribution in [2.45, 2.75) is 18.6 Å². The summed E-state index contributed by atoms with van der Waals surface area (Å²) in [5.74, 6) is -1.09. The van der Waals surface area contributed by atoms with E-state index in [2.05, 4.69) is 5.32 Å². The van der Waals surface area contributed by atoms with Crippen molar-refractivity contribution in [3.63, 3.8) is 0 Å². The normalized spacial score (nSPS) is 24.0. The van der Waals surface area contributed by atoms with Crippen molar-refractivity contribution >= 4 is 17.6 Å². The van der Waals surface area contributed by atoms with Crippen molar-refractivity contribution < 1.29 is 24.5 Å². The Balaban J connectivity index is 1.93. The first-order valence-electron chi connectivity index (χ1n) is 6.79. The minimum absolute atomic E-state index is 0.0207. The molecule has 0 bridgehead atoms. The molecule has 0 unspecified atom stereocenters. The van der Waals surface area contributed by atoms with Crippen LogP contribution in [0.25, 0.3) is 0 Å². The van der Waals surface area contributed by atoms with E-state index in [9.17, 15) is 19.8 Å². The number of nitrogens with one attached hydrogen (secondary N) is 1. The minimum atomic E-state index is -1.11. The summed E-state index contributed by atoms with van der Waals surface area (Å²) in [6.45, 7) is 1.12. The lowest BCUT2D eigenvalue weighted by Crippen LogP contribution is -2.41. The van der Waals surface area contributed by atoms with Crippen molar-refractivity contribution in [1.29, 1.82) is 0 Å². The molecule has 2 aliphatic rings. The highest BCUT2D eigenvalue weighted by molar-refractivity contribution is 6.01. The number of benzene rings is 1. The van der Waals surface area contributed by atoms with Crippen LogP contribution in [0.15, 0.2) is 18.2 Å². The molecule has 0 radical (unpaired) electrons. The van der Waals surface area contributed by atoms with E-state index in [0.717, 1.165) is 5.69 Å². The van der Waals surface area contributed by atoms with E-state index in [1.807, 2.05) is 0 Å². The molecule has 1 aromatic rings. The first-order valence-corrected chi connectivity index (χ1v) is 6.79. The van der Waals surface area contributed by atoms with Gasteiger partial charge in [0, 0.05) is 19.5 Å². The number of para-hydroxylation sites is 1. The Morgan fingerprint density at radius 1 is 1.38 bits per heavy atom. The molecule has 0 saturated carbocycles. The fourth-order valence-electron chi connectivity index (χ4n) is 2.77. The van der Waals surface area contributed by atoms with Gasteiger partial charge >= 0.3 is 5.97 Å². The van der Waals surface area contributed by atoms with Gasteiger partial charge in [-0.3, -0.25) is 4.79 Å². The Morgan fingerprint density at radius 2 is 2.19 bits per heavy atom. The second kappa shape index (κ2) is 5.25. The Hall–Kier alpha value is -2.28. The summed E-state index contributed by atoms with van der Waals surface area (Å²) < 4.78 is 5.54. The number of anilines is 1. The molecule has 1 fully saturated rings. The van der Waals surface area contributed by atoms with E-state index >= 15 is 0 Å². The summed E-state index contributed by atoms with van der Waals surface area (Å²) in [7, 11) is 0. The summed E-state index contributed by atoms with van der Waals surface area (Å²) in [5, 5.41) is 22.0. The van der Waals surface area contributed by atoms with Crippen LogP contribution in [0.4, 0.5) is 5.69 Å². The first-order chi connectivity index (χ1) is 10.1. The molecule has 0 spiro atoms. The minimum Gasteiger partial charge on any atom is -0.489 e. The van der Waals surface area contributed by atoms with Crippen LogP contribution < -0.4 is 10.1 Å². The lowest BCUT2D eigenvalue weighted by molar-refractivity contribution is -0.141. The zero-order valence-electron chi connectivity index (χ0n) is 11.3. The Labute approximate surface area is 121 Å². The highest BCUT2D eigenvalue weighted by atomic mass is 16.5. The van der Waals surface area contributed by atoms with Crippen molar-refractivity contribution in [2.75, 3.05) is 25.0 Å². The molecule has 1 amide bonds. The Bertz CT molecular complexity index is 589. The highest BCUT2D eigenvalue weighted by Crippen LogP contribution is 2.33. The molecule has 112 valence electrons. The predicted octanol–water partition coefficient (Wildman–Crippen LogP) is 0.151. The summed E-state index contributed by atoms with van der Waals surface area (Å²) in [5.41, 5.74) is 1.04. The Kier molecular flexibility index (Phi) is 3.42. The van der Waals surface area contributed by atoms with E-state index in [4.69, 9.17) is 4.74 Å². The van der Waals surface area contributed by atoms with Crippen LogP contribution in [0.3, 0.4) is 0 Å². The van der Waals surface area contributed by atoms with Crippen molar-refractivity contribution in [3.8, 4) is 5.75 Å². The largest absolute Gasteiger partial charge is 0.489 e. The molecule has 2 heterocycles. The second-order valence-electron chi connectivity index (χ2n) is 5.16. The molecule has 7 heteroatoms. The number of carboxylic acids is 1. The number of likely N-dealkylation sites (tertiary alicyclic amines) is 1. The summed E-state index contributed by atoms with van der Waals surface area (Å²) >= 11 is 0. The second-order valence-corrected chi connectivity index (χ2v) is 5.16. The first kappa shape index (κ1) is 13.7. The number of aliphatic hydroxyl groups excluding tert-OH is 1. The third-order valence-corrected chi connectivity index (χ3v) is 3.73. The van der Waals surface area contributed by atoms with E-state index in [1.165, 1.54) is 4.90 Å². The van der Waals surface area contributed by atoms with Gasteiger partial charge in [-0.2, -0.15) is 0 Å². The van der Waals surface area contributed by atoms with Crippen LogP contribution in [0.2, 0.25) is 0 Å². The van der Waals surface area contributed by atoms with Crippen molar-refractivity contribution in [3.05, 3.63) is 23.8 Å². The fraction of sp³-hybridized carbons (Fsp3) is 0.429. The molecule has 3 N–H and O–H groups in total. The van der Waals surface area contributed by atoms with E-state index in [1.54, 1.807) is 18.2 Å². The third kappa shape index (κ3) is 2.40. The van der Waals surface area contributed by atoms with Crippen LogP contribution in [-0.4, -0.2) is 58.8 Å². The van der Waals surface area contributed by atoms with Gasteiger partial charge in [0.15, 0.2) is 5.75 Å². The van der Waals surface area contributed by atoms with Crippen LogP contribution in [0, 0.1) is 0 Å². The summed E-state index contributed by atoms with van der Waals surface area (Å²) in [6, 6.07) is 4.13. The number of carbonyl (C=O) groups is 2. The standard InChI is InChI=1S/C14H16N2O5/c17-8-6-11(14(19)20)16(7-8)13(18)9-2-1-3-10-12(9)21-5-4-15-10/h1-3,8,11,15,17H,4-7H2,(H,19,20)/t8-,11+/m1/s1. The number of rotatable bonds is 2. The zero-order chi connectivity index (χ0) is 15.0. The summed E-state index contributed by atoms with van der Waals surface area (Å²) in [6.07, 6.45) is -0.761. The number of hydrogen-bond donors (Lipinski definition) is 3. The number of carboxylic acid groups (broad SMARTS) is 1. The van der Waals surface area contributed by atoms with Crippen molar-refractivity contribution in [2.24, 2.45) is 0 Å². The van der Waals surface area contributed by atoms with Crippen LogP contribution in [0.1, 0.15) is 16.8 Å². The van der Waals surface area contributed by atoms with Gasteiger partial charge in [0.25, 0.3) is 5.91 Å². The number of fused-ring (bicyclic) bond motifs is 1. The number of carbonyl (C=O) groups excluding carboxylic acids is 1. The molecule has 1 aromatic carbocycles. The van der Waals surface area contributed by atoms with Gasteiger partial charge in [0.1, 0.15) is 12.6 Å². The van der Waals surface area contributed by atoms with Gasteiger partial charge in [-0.1, -0.05) is 6.07 Å². The molecule has 21 heavy (non-hydrogen) atoms. The smallest absolute Gasteiger partial charge is 0.326 e. The van der Waals surface area contributed by atoms with Crippen LogP contribution in [0.5, 0.6) is 5.75 Å². The molecule has 0 aromatic heterocycles. The molecular weight excluding hydrogens is 276 g/mol. The fourth-order valence-corrected chi connectivity index (χ4v) is 2.77. The number of hydrogen-bond acceptors (Lipinski definition) is 5. The number of nitrogens with zero attached hydrogens (tertiary/aromatic N) is 1. The zero-order valence-corrected chi connectivity index (χ0v) is 11.3. The third-order valence-electron chi connectivity index (χ3n) is 3.73. The van der Waals surface area contributed by atoms with Gasteiger partial charge in [-0.15, -0.1) is 0 Å². The highest BCUT2D eigenvalue weighted by Gasteiger charge is 2.40. The van der Waals surface area contributed by atoms with Gasteiger partial charge in [-0.25, -0.2) is 4.79 Å².